The van der Waals surface area contributed by atoms with E-state index in [-0.39, 0.29) is 0 Å². The molecule has 2 aliphatic heterocycles. The van der Waals surface area contributed by atoms with Gasteiger partial charge in [-0.25, -0.2) is 0 Å². The molecule has 52 heavy (non-hydrogen) atoms. The van der Waals surface area contributed by atoms with Crippen molar-refractivity contribution in [2.75, 3.05) is 13.2 Å². The molecule has 12 atom stereocenters. The lowest BCUT2D eigenvalue weighted by atomic mass is 9.97. The highest BCUT2D eigenvalue weighted by Crippen LogP contribution is 2.33. The van der Waals surface area contributed by atoms with E-state index in [2.05, 4.69) is 0 Å². The van der Waals surface area contributed by atoms with Crippen molar-refractivity contribution < 1.29 is 95.2 Å². The van der Waals surface area contributed by atoms with Crippen molar-refractivity contribution in [1.82, 2.24) is 0 Å². The summed E-state index contributed by atoms with van der Waals surface area (Å²) in [5.74, 6) is -6.47. The van der Waals surface area contributed by atoms with Crippen LogP contribution in [0.4, 0.5) is 0 Å². The van der Waals surface area contributed by atoms with Crippen molar-refractivity contribution in [2.45, 2.75) is 143 Å². The van der Waals surface area contributed by atoms with Crippen molar-refractivity contribution in [1.29, 1.82) is 0 Å². The summed E-state index contributed by atoms with van der Waals surface area (Å²) >= 11 is 0. The van der Waals surface area contributed by atoms with E-state index in [4.69, 9.17) is 56.8 Å². The van der Waals surface area contributed by atoms with Gasteiger partial charge in [-0.05, 0) is 13.8 Å². The molecule has 2 rings (SSSR count). The van der Waals surface area contributed by atoms with Crippen molar-refractivity contribution in [3.63, 3.8) is 0 Å². The number of hydrogen-bond donors (Lipinski definition) is 0. The molecule has 0 amide bonds. The second-order valence-electron chi connectivity index (χ2n) is 11.8. The SMILES string of the molecule is CC(=O)OC[C@H]1O[C@H](O[C@@H](C)[C@@H](C)O[C@H]2O[C@H](COC(C)=O)[C@@H](OC(C)=O)[C@H](OC(C)=O)[C@@H]2OC(C)=O)[C@@H](OC(C)=O)[C@@H](OC(C)=O)[C@@H]1OC(C)=O. The zero-order valence-corrected chi connectivity index (χ0v) is 30.5. The molecule has 2 fully saturated rings. The Balaban J connectivity index is 2.49. The highest BCUT2D eigenvalue weighted by Gasteiger charge is 2.55. The molecule has 2 aliphatic rings. The van der Waals surface area contributed by atoms with Gasteiger partial charge in [-0.3, -0.25) is 38.4 Å². The molecule has 294 valence electrons. The molecule has 0 spiro atoms. The standard InChI is InChI=1S/C32H46O20/c1-13(43-31-29(49-21(9)39)27(47-19(7)37)25(45-17(5)35)23(51-31)11-41-15(3)33)14(2)44-32-30(50-22(10)40)28(48-20(8)38)26(46-18(6)36)24(52-32)12-42-16(4)34/h13-14,23-32H,11-12H2,1-10H3/t13-,14+,23-,24-,25-,26-,27+,28+,29+,30+,31+,32+/m1/s1. The molecular formula is C32H46O20. The molecular weight excluding hydrogens is 704 g/mol. The average Bonchev–Trinajstić information content (AvgIpc) is 2.99. The van der Waals surface area contributed by atoms with Crippen LogP contribution in [-0.2, 0) is 95.2 Å². The van der Waals surface area contributed by atoms with E-state index >= 15 is 0 Å². The van der Waals surface area contributed by atoms with Gasteiger partial charge in [-0.1, -0.05) is 0 Å². The number of carbonyl (C=O) groups is 8. The molecule has 0 N–H and O–H groups in total. The summed E-state index contributed by atoms with van der Waals surface area (Å²) in [7, 11) is 0. The van der Waals surface area contributed by atoms with Gasteiger partial charge in [0.2, 0.25) is 0 Å². The van der Waals surface area contributed by atoms with Crippen molar-refractivity contribution in [2.24, 2.45) is 0 Å². The largest absolute Gasteiger partial charge is 0.463 e. The van der Waals surface area contributed by atoms with Crippen LogP contribution >= 0.6 is 0 Å². The Bertz CT molecular complexity index is 1220. The maximum Gasteiger partial charge on any atom is 0.303 e. The Morgan fingerprint density at radius 2 is 0.654 bits per heavy atom. The molecule has 2 saturated heterocycles. The lowest BCUT2D eigenvalue weighted by molar-refractivity contribution is -0.340. The van der Waals surface area contributed by atoms with E-state index in [1.807, 2.05) is 0 Å². The number of rotatable bonds is 15. The fourth-order valence-electron chi connectivity index (χ4n) is 5.24. The van der Waals surface area contributed by atoms with Crippen LogP contribution in [0.1, 0.15) is 69.2 Å². The van der Waals surface area contributed by atoms with Crippen LogP contribution in [0.2, 0.25) is 0 Å². The fraction of sp³-hybridized carbons (Fsp3) is 0.750. The molecule has 20 nitrogen and oxygen atoms in total. The molecule has 0 aromatic heterocycles. The van der Waals surface area contributed by atoms with Gasteiger partial charge in [-0.2, -0.15) is 0 Å². The summed E-state index contributed by atoms with van der Waals surface area (Å²) in [5.41, 5.74) is 0. The third-order valence-corrected chi connectivity index (χ3v) is 7.25. The predicted octanol–water partition coefficient (Wildman–Crippen LogP) is -0.0372. The molecule has 0 aromatic rings. The summed E-state index contributed by atoms with van der Waals surface area (Å²) in [4.78, 5) is 96.2. The third-order valence-electron chi connectivity index (χ3n) is 7.25. The highest BCUT2D eigenvalue weighted by molar-refractivity contribution is 5.70. The summed E-state index contributed by atoms with van der Waals surface area (Å²) in [6.45, 7) is 10.6. The number of esters is 8. The first kappa shape index (κ1) is 43.8. The monoisotopic (exact) mass is 750 g/mol. The Morgan fingerprint density at radius 1 is 0.404 bits per heavy atom. The molecule has 0 bridgehead atoms. The van der Waals surface area contributed by atoms with Crippen LogP contribution in [0.3, 0.4) is 0 Å². The first-order valence-electron chi connectivity index (χ1n) is 16.1. The van der Waals surface area contributed by atoms with Crippen molar-refractivity contribution >= 4 is 47.8 Å². The van der Waals surface area contributed by atoms with Gasteiger partial charge in [0.25, 0.3) is 0 Å². The molecule has 0 aliphatic carbocycles. The van der Waals surface area contributed by atoms with Gasteiger partial charge in [0.05, 0.1) is 12.2 Å². The summed E-state index contributed by atoms with van der Waals surface area (Å²) in [5, 5.41) is 0. The smallest absolute Gasteiger partial charge is 0.303 e. The van der Waals surface area contributed by atoms with E-state index in [1.165, 1.54) is 13.8 Å². The van der Waals surface area contributed by atoms with E-state index in [9.17, 15) is 38.4 Å². The number of ether oxygens (including phenoxy) is 12. The topological polar surface area (TPSA) is 247 Å². The van der Waals surface area contributed by atoms with Crippen LogP contribution in [0.5, 0.6) is 0 Å². The van der Waals surface area contributed by atoms with Crippen molar-refractivity contribution in [3.8, 4) is 0 Å². The summed E-state index contributed by atoms with van der Waals surface area (Å²) in [6.07, 6.45) is -16.8. The first-order valence-corrected chi connectivity index (χ1v) is 16.1. The second-order valence-corrected chi connectivity index (χ2v) is 11.8. The van der Waals surface area contributed by atoms with Gasteiger partial charge < -0.3 is 56.8 Å². The molecule has 2 heterocycles. The van der Waals surface area contributed by atoms with E-state index in [1.54, 1.807) is 0 Å². The number of carbonyl (C=O) groups excluding carboxylic acids is 8. The Hall–Kier alpha value is -4.40. The summed E-state index contributed by atoms with van der Waals surface area (Å²) in [6, 6.07) is 0. The number of hydrogen-bond acceptors (Lipinski definition) is 20. The molecule has 0 radical (unpaired) electrons. The molecule has 0 unspecified atom stereocenters. The Kier molecular flexibility index (Phi) is 16.8. The first-order chi connectivity index (χ1) is 24.2. The van der Waals surface area contributed by atoms with Gasteiger partial charge >= 0.3 is 47.8 Å². The minimum Gasteiger partial charge on any atom is -0.463 e. The minimum atomic E-state index is -1.57. The lowest BCUT2D eigenvalue weighted by Gasteiger charge is -2.46. The van der Waals surface area contributed by atoms with Gasteiger partial charge in [-0.15, -0.1) is 0 Å². The van der Waals surface area contributed by atoms with E-state index in [0.29, 0.717) is 0 Å². The zero-order valence-electron chi connectivity index (χ0n) is 30.5. The highest BCUT2D eigenvalue weighted by atomic mass is 16.8. The normalized spacial score (nSPS) is 29.6. The summed E-state index contributed by atoms with van der Waals surface area (Å²) < 4.78 is 66.8. The van der Waals surface area contributed by atoms with Crippen molar-refractivity contribution in [3.05, 3.63) is 0 Å². The zero-order chi connectivity index (χ0) is 39.4. The third kappa shape index (κ3) is 13.6. The Morgan fingerprint density at radius 3 is 0.904 bits per heavy atom. The molecule has 0 saturated carbocycles. The minimum absolute atomic E-state index is 0.497. The van der Waals surface area contributed by atoms with Gasteiger partial charge in [0.15, 0.2) is 49.2 Å². The lowest BCUT2D eigenvalue weighted by Crippen LogP contribution is -2.64. The van der Waals surface area contributed by atoms with Crippen LogP contribution in [0.15, 0.2) is 0 Å². The average molecular weight is 751 g/mol. The van der Waals surface area contributed by atoms with Crippen LogP contribution in [0, 0.1) is 0 Å². The maximum absolute atomic E-state index is 12.2. The van der Waals surface area contributed by atoms with Gasteiger partial charge in [0.1, 0.15) is 25.4 Å². The van der Waals surface area contributed by atoms with Crippen LogP contribution in [-0.4, -0.2) is 135 Å². The van der Waals surface area contributed by atoms with Crippen LogP contribution in [0.25, 0.3) is 0 Å². The fourth-order valence-corrected chi connectivity index (χ4v) is 5.24. The van der Waals surface area contributed by atoms with Gasteiger partial charge in [0, 0.05) is 55.4 Å². The van der Waals surface area contributed by atoms with E-state index < -0.39 is 135 Å². The molecule has 20 heteroatoms. The van der Waals surface area contributed by atoms with Crippen LogP contribution < -0.4 is 0 Å². The molecule has 0 aromatic carbocycles. The quantitative estimate of drug-likeness (QED) is 0.157. The maximum atomic E-state index is 12.2. The van der Waals surface area contributed by atoms with E-state index in [0.717, 1.165) is 55.4 Å². The Labute approximate surface area is 299 Å². The predicted molar refractivity (Wildman–Crippen MR) is 165 cm³/mol. The second kappa shape index (κ2) is 20.0.